The second kappa shape index (κ2) is 2.55. The molecule has 0 fully saturated rings. The average Bonchev–Trinajstić information content (AvgIpc) is 2.12. The van der Waals surface area contributed by atoms with E-state index in [4.69, 9.17) is 9.78 Å². The lowest BCUT2D eigenvalue weighted by molar-refractivity contribution is -0.168. The lowest BCUT2D eigenvalue weighted by atomic mass is 10.1. The molecule has 1 aliphatic heterocycles. The number of hydrogen-bond donors (Lipinski definition) is 0. The lowest BCUT2D eigenvalue weighted by Crippen LogP contribution is -2.05. The summed E-state index contributed by atoms with van der Waals surface area (Å²) in [6.07, 6.45) is 0. The molecule has 0 spiro atoms. The van der Waals surface area contributed by atoms with Crippen molar-refractivity contribution in [2.75, 3.05) is 0 Å². The smallest absolute Gasteiger partial charge is 0.186 e. The van der Waals surface area contributed by atoms with Crippen LogP contribution < -0.4 is 4.89 Å². The largest absolute Gasteiger partial charge is 0.295 e. The minimum atomic E-state index is 0.792. The molecule has 0 amide bonds. The van der Waals surface area contributed by atoms with E-state index in [1.165, 1.54) is 0 Å². The van der Waals surface area contributed by atoms with Gasteiger partial charge in [-0.2, -0.15) is 0 Å². The standard InChI is InChI=1S/C10H10O2/c1-7-8(2)11-12-10-6-4-3-5-9(7)10/h3-6H,1-2H3. The summed E-state index contributed by atoms with van der Waals surface area (Å²) in [4.78, 5) is 10.0. The summed E-state index contributed by atoms with van der Waals surface area (Å²) in [5.41, 5.74) is 2.25. The molecule has 0 aliphatic carbocycles. The van der Waals surface area contributed by atoms with Crippen LogP contribution in [-0.2, 0) is 4.89 Å². The molecule has 0 aromatic heterocycles. The highest BCUT2D eigenvalue weighted by Gasteiger charge is 2.15. The molecule has 12 heavy (non-hydrogen) atoms. The van der Waals surface area contributed by atoms with Gasteiger partial charge in [-0.05, 0) is 19.9 Å². The van der Waals surface area contributed by atoms with Crippen LogP contribution in [0.1, 0.15) is 19.4 Å². The van der Waals surface area contributed by atoms with Crippen LogP contribution in [0, 0.1) is 0 Å². The summed E-state index contributed by atoms with van der Waals surface area (Å²) in [5, 5.41) is 0. The molecular weight excluding hydrogens is 152 g/mol. The van der Waals surface area contributed by atoms with Crippen molar-refractivity contribution >= 4 is 5.57 Å². The Labute approximate surface area is 71.4 Å². The van der Waals surface area contributed by atoms with E-state index in [0.717, 1.165) is 22.6 Å². The van der Waals surface area contributed by atoms with E-state index >= 15 is 0 Å². The first kappa shape index (κ1) is 7.22. The first-order chi connectivity index (χ1) is 5.79. The maximum Gasteiger partial charge on any atom is 0.186 e. The quantitative estimate of drug-likeness (QED) is 0.546. The zero-order valence-electron chi connectivity index (χ0n) is 7.13. The molecule has 0 radical (unpaired) electrons. The Hall–Kier alpha value is -1.44. The number of para-hydroxylation sites is 1. The molecular formula is C10H10O2. The molecule has 1 aromatic carbocycles. The van der Waals surface area contributed by atoms with E-state index in [2.05, 4.69) is 0 Å². The molecule has 1 heterocycles. The number of benzene rings is 1. The van der Waals surface area contributed by atoms with Crippen molar-refractivity contribution < 1.29 is 9.78 Å². The van der Waals surface area contributed by atoms with Gasteiger partial charge in [0.1, 0.15) is 0 Å². The molecule has 0 unspecified atom stereocenters. The molecule has 0 saturated heterocycles. The monoisotopic (exact) mass is 162 g/mol. The van der Waals surface area contributed by atoms with Crippen LogP contribution >= 0.6 is 0 Å². The first-order valence-corrected chi connectivity index (χ1v) is 3.90. The molecule has 1 aliphatic rings. The summed E-state index contributed by atoms with van der Waals surface area (Å²) < 4.78 is 0. The van der Waals surface area contributed by atoms with Crippen molar-refractivity contribution in [3.63, 3.8) is 0 Å². The van der Waals surface area contributed by atoms with E-state index in [0.29, 0.717) is 0 Å². The average molecular weight is 162 g/mol. The molecule has 2 rings (SSSR count). The first-order valence-electron chi connectivity index (χ1n) is 3.90. The summed E-state index contributed by atoms with van der Waals surface area (Å²) >= 11 is 0. The van der Waals surface area contributed by atoms with Gasteiger partial charge in [-0.3, -0.25) is 9.78 Å². The van der Waals surface area contributed by atoms with Crippen molar-refractivity contribution in [1.82, 2.24) is 0 Å². The fraction of sp³-hybridized carbons (Fsp3) is 0.200. The van der Waals surface area contributed by atoms with Gasteiger partial charge in [0.05, 0.1) is 0 Å². The summed E-state index contributed by atoms with van der Waals surface area (Å²) in [6.45, 7) is 3.92. The number of fused-ring (bicyclic) bond motifs is 1. The fourth-order valence-electron chi connectivity index (χ4n) is 1.21. The minimum Gasteiger partial charge on any atom is -0.295 e. The van der Waals surface area contributed by atoms with E-state index in [1.807, 2.05) is 38.1 Å². The van der Waals surface area contributed by atoms with Crippen molar-refractivity contribution in [2.45, 2.75) is 13.8 Å². The highest BCUT2D eigenvalue weighted by molar-refractivity contribution is 5.71. The van der Waals surface area contributed by atoms with Gasteiger partial charge in [0.2, 0.25) is 0 Å². The summed E-state index contributed by atoms with van der Waals surface area (Å²) in [5.74, 6) is 1.62. The molecule has 0 bridgehead atoms. The van der Waals surface area contributed by atoms with Crippen LogP contribution in [0.15, 0.2) is 30.0 Å². The zero-order chi connectivity index (χ0) is 8.55. The van der Waals surface area contributed by atoms with Crippen molar-refractivity contribution in [2.24, 2.45) is 0 Å². The Balaban J connectivity index is 2.59. The van der Waals surface area contributed by atoms with Crippen LogP contribution in [0.2, 0.25) is 0 Å². The van der Waals surface area contributed by atoms with Gasteiger partial charge in [0, 0.05) is 11.1 Å². The molecule has 2 heteroatoms. The fourth-order valence-corrected chi connectivity index (χ4v) is 1.21. The predicted octanol–water partition coefficient (Wildman–Crippen LogP) is 2.76. The zero-order valence-corrected chi connectivity index (χ0v) is 7.13. The molecule has 1 aromatic rings. The second-order valence-corrected chi connectivity index (χ2v) is 2.84. The van der Waals surface area contributed by atoms with E-state index in [-0.39, 0.29) is 0 Å². The highest BCUT2D eigenvalue weighted by Crippen LogP contribution is 2.32. The van der Waals surface area contributed by atoms with Crippen molar-refractivity contribution in [1.29, 1.82) is 0 Å². The SMILES string of the molecule is CC1=C(C)c2ccccc2OO1. The van der Waals surface area contributed by atoms with Gasteiger partial charge in [-0.1, -0.05) is 18.2 Å². The third kappa shape index (κ3) is 0.961. The van der Waals surface area contributed by atoms with Crippen molar-refractivity contribution in [3.8, 4) is 5.75 Å². The van der Waals surface area contributed by atoms with E-state index in [1.54, 1.807) is 0 Å². The Bertz CT molecular complexity index is 339. The van der Waals surface area contributed by atoms with Crippen molar-refractivity contribution in [3.05, 3.63) is 35.6 Å². The maximum absolute atomic E-state index is 5.05. The van der Waals surface area contributed by atoms with Gasteiger partial charge < -0.3 is 0 Å². The second-order valence-electron chi connectivity index (χ2n) is 2.84. The van der Waals surface area contributed by atoms with Gasteiger partial charge in [-0.25, -0.2) is 0 Å². The molecule has 0 N–H and O–H groups in total. The van der Waals surface area contributed by atoms with Crippen LogP contribution in [0.25, 0.3) is 5.57 Å². The Kier molecular flexibility index (Phi) is 1.54. The van der Waals surface area contributed by atoms with Gasteiger partial charge in [-0.15, -0.1) is 0 Å². The third-order valence-corrected chi connectivity index (χ3v) is 2.08. The van der Waals surface area contributed by atoms with Crippen LogP contribution in [-0.4, -0.2) is 0 Å². The highest BCUT2D eigenvalue weighted by atomic mass is 17.2. The molecule has 0 saturated carbocycles. The Morgan fingerprint density at radius 2 is 1.75 bits per heavy atom. The molecule has 62 valence electrons. The summed E-state index contributed by atoms with van der Waals surface area (Å²) in [6, 6.07) is 7.84. The number of rotatable bonds is 0. The minimum absolute atomic E-state index is 0.792. The molecule has 2 nitrogen and oxygen atoms in total. The predicted molar refractivity (Wildman–Crippen MR) is 46.4 cm³/mol. The maximum atomic E-state index is 5.05. The van der Waals surface area contributed by atoms with Crippen LogP contribution in [0.3, 0.4) is 0 Å². The lowest BCUT2D eigenvalue weighted by Gasteiger charge is -2.17. The molecule has 0 atom stereocenters. The topological polar surface area (TPSA) is 18.5 Å². The van der Waals surface area contributed by atoms with Gasteiger partial charge in [0.15, 0.2) is 11.5 Å². The number of allylic oxidation sites excluding steroid dienone is 2. The Morgan fingerprint density at radius 1 is 1.00 bits per heavy atom. The normalized spacial score (nSPS) is 14.8. The van der Waals surface area contributed by atoms with Crippen LogP contribution in [0.5, 0.6) is 5.75 Å². The van der Waals surface area contributed by atoms with Gasteiger partial charge in [0.25, 0.3) is 0 Å². The summed E-state index contributed by atoms with van der Waals surface area (Å²) in [7, 11) is 0. The van der Waals surface area contributed by atoms with E-state index < -0.39 is 0 Å². The third-order valence-electron chi connectivity index (χ3n) is 2.08. The Morgan fingerprint density at radius 3 is 2.58 bits per heavy atom. The van der Waals surface area contributed by atoms with Gasteiger partial charge >= 0.3 is 0 Å². The van der Waals surface area contributed by atoms with Crippen LogP contribution in [0.4, 0.5) is 0 Å². The van der Waals surface area contributed by atoms with E-state index in [9.17, 15) is 0 Å². The number of hydrogen-bond acceptors (Lipinski definition) is 2.